The topological polar surface area (TPSA) is 55.4 Å². The number of benzene rings is 2. The Labute approximate surface area is 141 Å². The lowest BCUT2D eigenvalue weighted by Gasteiger charge is -2.09. The molecule has 0 spiro atoms. The van der Waals surface area contributed by atoms with E-state index in [1.54, 1.807) is 0 Å². The zero-order valence-corrected chi connectivity index (χ0v) is 14.0. The van der Waals surface area contributed by atoms with Crippen LogP contribution in [-0.2, 0) is 16.1 Å². The molecule has 2 aromatic rings. The predicted molar refractivity (Wildman–Crippen MR) is 87.4 cm³/mol. The highest BCUT2D eigenvalue weighted by molar-refractivity contribution is 9.10. The molecule has 2 rings (SSSR count). The van der Waals surface area contributed by atoms with Gasteiger partial charge in [0.05, 0.1) is 5.56 Å². The summed E-state index contributed by atoms with van der Waals surface area (Å²) >= 11 is 3.15. The Kier molecular flexibility index (Phi) is 5.87. The summed E-state index contributed by atoms with van der Waals surface area (Å²) in [6, 6.07) is 11.6. The average Bonchev–Trinajstić information content (AvgIpc) is 2.54. The van der Waals surface area contributed by atoms with E-state index in [4.69, 9.17) is 4.74 Å². The van der Waals surface area contributed by atoms with E-state index in [9.17, 15) is 14.0 Å². The van der Waals surface area contributed by atoms with Crippen molar-refractivity contribution in [2.75, 3.05) is 6.61 Å². The van der Waals surface area contributed by atoms with Crippen molar-refractivity contribution < 1.29 is 18.7 Å². The number of ether oxygens (including phenoxy) is 1. The molecule has 0 fully saturated rings. The molecule has 0 aliphatic heterocycles. The van der Waals surface area contributed by atoms with Crippen LogP contribution in [0.25, 0.3) is 0 Å². The first-order valence-electron chi connectivity index (χ1n) is 6.91. The number of hydrogen-bond acceptors (Lipinski definition) is 3. The van der Waals surface area contributed by atoms with E-state index >= 15 is 0 Å². The number of esters is 1. The molecule has 6 heteroatoms. The Balaban J connectivity index is 1.86. The Morgan fingerprint density at radius 2 is 1.96 bits per heavy atom. The van der Waals surface area contributed by atoms with Crippen LogP contribution in [0.3, 0.4) is 0 Å². The third kappa shape index (κ3) is 4.89. The van der Waals surface area contributed by atoms with Crippen LogP contribution in [0.2, 0.25) is 0 Å². The van der Waals surface area contributed by atoms with Gasteiger partial charge in [-0.2, -0.15) is 0 Å². The van der Waals surface area contributed by atoms with Crippen LogP contribution in [0.1, 0.15) is 21.5 Å². The molecule has 0 saturated heterocycles. The maximum Gasteiger partial charge on any atom is 0.341 e. The van der Waals surface area contributed by atoms with Gasteiger partial charge in [0.25, 0.3) is 5.91 Å². The Hall–Kier alpha value is -2.21. The molecule has 0 bridgehead atoms. The summed E-state index contributed by atoms with van der Waals surface area (Å²) in [5.74, 6) is -2.02. The van der Waals surface area contributed by atoms with E-state index in [0.717, 1.165) is 17.2 Å². The molecule has 0 atom stereocenters. The van der Waals surface area contributed by atoms with E-state index in [1.165, 1.54) is 12.1 Å². The zero-order chi connectivity index (χ0) is 16.8. The summed E-state index contributed by atoms with van der Waals surface area (Å²) in [6.07, 6.45) is 0. The van der Waals surface area contributed by atoms with Gasteiger partial charge in [0.1, 0.15) is 5.82 Å². The molecule has 0 aliphatic rings. The fourth-order valence-electron chi connectivity index (χ4n) is 1.92. The van der Waals surface area contributed by atoms with Gasteiger partial charge < -0.3 is 10.1 Å². The van der Waals surface area contributed by atoms with Crippen molar-refractivity contribution in [2.24, 2.45) is 0 Å². The number of carbonyl (C=O) groups is 2. The molecule has 0 aliphatic carbocycles. The first-order chi connectivity index (χ1) is 11.0. The molecule has 0 aromatic heterocycles. The van der Waals surface area contributed by atoms with Crippen molar-refractivity contribution in [1.29, 1.82) is 0 Å². The highest BCUT2D eigenvalue weighted by Crippen LogP contribution is 2.16. The largest absolute Gasteiger partial charge is 0.452 e. The second kappa shape index (κ2) is 7.87. The molecule has 0 radical (unpaired) electrons. The van der Waals surface area contributed by atoms with Crippen LogP contribution in [0.15, 0.2) is 46.9 Å². The maximum atomic E-state index is 13.5. The molecule has 1 N–H and O–H groups in total. The van der Waals surface area contributed by atoms with E-state index < -0.39 is 24.3 Å². The number of hydrogen-bond donors (Lipinski definition) is 1. The van der Waals surface area contributed by atoms with E-state index in [0.29, 0.717) is 11.0 Å². The van der Waals surface area contributed by atoms with Gasteiger partial charge in [-0.25, -0.2) is 9.18 Å². The van der Waals surface area contributed by atoms with Crippen molar-refractivity contribution in [2.45, 2.75) is 13.5 Å². The van der Waals surface area contributed by atoms with Crippen molar-refractivity contribution in [1.82, 2.24) is 5.32 Å². The van der Waals surface area contributed by atoms with Crippen LogP contribution >= 0.6 is 15.9 Å². The van der Waals surface area contributed by atoms with Crippen LogP contribution < -0.4 is 5.32 Å². The van der Waals surface area contributed by atoms with Crippen molar-refractivity contribution in [3.8, 4) is 0 Å². The smallest absolute Gasteiger partial charge is 0.341 e. The highest BCUT2D eigenvalue weighted by atomic mass is 79.9. The van der Waals surface area contributed by atoms with E-state index in [2.05, 4.69) is 21.2 Å². The van der Waals surface area contributed by atoms with Crippen LogP contribution in [0.4, 0.5) is 4.39 Å². The predicted octanol–water partition coefficient (Wildman–Crippen LogP) is 3.37. The van der Waals surface area contributed by atoms with Gasteiger partial charge in [-0.3, -0.25) is 4.79 Å². The van der Waals surface area contributed by atoms with Gasteiger partial charge in [-0.05, 0) is 36.2 Å². The lowest BCUT2D eigenvalue weighted by atomic mass is 10.1. The lowest BCUT2D eigenvalue weighted by molar-refractivity contribution is -0.124. The van der Waals surface area contributed by atoms with Crippen molar-refractivity contribution in [3.63, 3.8) is 0 Å². The normalized spacial score (nSPS) is 10.2. The molecular weight excluding hydrogens is 365 g/mol. The Morgan fingerprint density at radius 1 is 1.22 bits per heavy atom. The maximum absolute atomic E-state index is 13.5. The van der Waals surface area contributed by atoms with Gasteiger partial charge in [0, 0.05) is 11.0 Å². The lowest BCUT2D eigenvalue weighted by Crippen LogP contribution is -2.28. The number of rotatable bonds is 5. The fourth-order valence-corrected chi connectivity index (χ4v) is 2.28. The van der Waals surface area contributed by atoms with Crippen molar-refractivity contribution >= 4 is 27.8 Å². The Bertz CT molecular complexity index is 734. The molecule has 2 aromatic carbocycles. The molecule has 1 amide bonds. The van der Waals surface area contributed by atoms with Gasteiger partial charge >= 0.3 is 5.97 Å². The average molecular weight is 380 g/mol. The third-order valence-electron chi connectivity index (χ3n) is 3.22. The SMILES string of the molecule is Cc1ccccc1CNC(=O)COC(=O)c1cc(Br)ccc1F. The molecule has 120 valence electrons. The number of aryl methyl sites for hydroxylation is 1. The Morgan fingerprint density at radius 3 is 2.70 bits per heavy atom. The second-order valence-electron chi connectivity index (χ2n) is 4.90. The standard InChI is InChI=1S/C17H15BrFNO3/c1-11-4-2-3-5-12(11)9-20-16(21)10-23-17(22)14-8-13(18)6-7-15(14)19/h2-8H,9-10H2,1H3,(H,20,21). The third-order valence-corrected chi connectivity index (χ3v) is 3.71. The monoisotopic (exact) mass is 379 g/mol. The van der Waals surface area contributed by atoms with Gasteiger partial charge in [-0.15, -0.1) is 0 Å². The molecule has 23 heavy (non-hydrogen) atoms. The van der Waals surface area contributed by atoms with E-state index in [1.807, 2.05) is 31.2 Å². The number of carbonyl (C=O) groups excluding carboxylic acids is 2. The molecule has 0 saturated carbocycles. The van der Waals surface area contributed by atoms with Gasteiger partial charge in [0.15, 0.2) is 6.61 Å². The number of nitrogens with one attached hydrogen (secondary N) is 1. The summed E-state index contributed by atoms with van der Waals surface area (Å²) in [6.45, 7) is 1.82. The number of amides is 1. The minimum Gasteiger partial charge on any atom is -0.452 e. The molecule has 0 unspecified atom stereocenters. The van der Waals surface area contributed by atoms with Crippen molar-refractivity contribution in [3.05, 3.63) is 69.4 Å². The number of halogens is 2. The van der Waals surface area contributed by atoms with E-state index in [-0.39, 0.29) is 5.56 Å². The quantitative estimate of drug-likeness (QED) is 0.810. The second-order valence-corrected chi connectivity index (χ2v) is 5.82. The van der Waals surface area contributed by atoms with Crippen LogP contribution in [0.5, 0.6) is 0 Å². The van der Waals surface area contributed by atoms with Crippen LogP contribution in [-0.4, -0.2) is 18.5 Å². The molecule has 4 nitrogen and oxygen atoms in total. The van der Waals surface area contributed by atoms with Gasteiger partial charge in [0.2, 0.25) is 0 Å². The van der Waals surface area contributed by atoms with Crippen LogP contribution in [0, 0.1) is 12.7 Å². The van der Waals surface area contributed by atoms with Gasteiger partial charge in [-0.1, -0.05) is 40.2 Å². The summed E-state index contributed by atoms with van der Waals surface area (Å²) < 4.78 is 18.9. The summed E-state index contributed by atoms with van der Waals surface area (Å²) in [4.78, 5) is 23.5. The first-order valence-corrected chi connectivity index (χ1v) is 7.70. The molecule has 0 heterocycles. The molecular formula is C17H15BrFNO3. The fraction of sp³-hybridized carbons (Fsp3) is 0.176. The zero-order valence-electron chi connectivity index (χ0n) is 12.4. The summed E-state index contributed by atoms with van der Waals surface area (Å²) in [5, 5.41) is 2.65. The summed E-state index contributed by atoms with van der Waals surface area (Å²) in [5.41, 5.74) is 1.82. The minimum atomic E-state index is -0.880. The first kappa shape index (κ1) is 17.1. The highest BCUT2D eigenvalue weighted by Gasteiger charge is 2.15. The summed E-state index contributed by atoms with van der Waals surface area (Å²) in [7, 11) is 0. The minimum absolute atomic E-state index is 0.217.